The van der Waals surface area contributed by atoms with Crippen LogP contribution in [0.25, 0.3) is 0 Å². The Hall–Kier alpha value is -0.683. The summed E-state index contributed by atoms with van der Waals surface area (Å²) in [7, 11) is 8.02. The van der Waals surface area contributed by atoms with Gasteiger partial charge in [0, 0.05) is 18.6 Å². The summed E-state index contributed by atoms with van der Waals surface area (Å²) in [6.07, 6.45) is 3.16. The zero-order valence-corrected chi connectivity index (χ0v) is 13.6. The van der Waals surface area contributed by atoms with Gasteiger partial charge in [-0.3, -0.25) is 4.79 Å². The molecule has 1 aromatic carbocycles. The Labute approximate surface area is 134 Å². The number of benzene rings is 1. The molecule has 1 aromatic rings. The first-order valence-electron chi connectivity index (χ1n) is 6.15. The van der Waals surface area contributed by atoms with Crippen molar-refractivity contribution in [1.82, 2.24) is 0 Å². The molecule has 0 heterocycles. The molecule has 0 spiro atoms. The van der Waals surface area contributed by atoms with Crippen molar-refractivity contribution in [1.29, 1.82) is 0 Å². The van der Waals surface area contributed by atoms with E-state index in [2.05, 4.69) is 9.24 Å². The molecule has 0 fully saturated rings. The maximum absolute atomic E-state index is 12.3. The molecule has 20 heavy (non-hydrogen) atoms. The monoisotopic (exact) mass is 290 g/mol. The predicted molar refractivity (Wildman–Crippen MR) is 77.5 cm³/mol. The third kappa shape index (κ3) is 5.02. The summed E-state index contributed by atoms with van der Waals surface area (Å²) in [5.74, 6) is 1.60. The molecule has 0 aliphatic heterocycles. The number of rotatable bonds is 8. The minimum Gasteiger partial charge on any atom is -0.558 e. The fourth-order valence-corrected chi connectivity index (χ4v) is 2.07. The zero-order chi connectivity index (χ0) is 14.3. The van der Waals surface area contributed by atoms with Gasteiger partial charge in [0.25, 0.3) is 0 Å². The van der Waals surface area contributed by atoms with Gasteiger partial charge in [-0.1, -0.05) is 6.42 Å². The van der Waals surface area contributed by atoms with Crippen LogP contribution in [0.1, 0.15) is 29.6 Å². The molecule has 0 bridgehead atoms. The van der Waals surface area contributed by atoms with E-state index in [1.54, 1.807) is 19.2 Å². The summed E-state index contributed by atoms with van der Waals surface area (Å²) in [4.78, 5) is 12.3. The fourth-order valence-electron chi connectivity index (χ4n) is 1.82. The van der Waals surface area contributed by atoms with Crippen LogP contribution in [-0.2, 0) is 0 Å². The van der Waals surface area contributed by atoms with Gasteiger partial charge in [-0.25, -0.2) is 0 Å². The Morgan fingerprint density at radius 1 is 1.05 bits per heavy atom. The fraction of sp³-hybridized carbons (Fsp3) is 0.500. The number of carbonyl (C=O) groups is 1. The van der Waals surface area contributed by atoms with Crippen LogP contribution in [0.5, 0.6) is 17.2 Å². The summed E-state index contributed by atoms with van der Waals surface area (Å²) in [5, 5.41) is 0. The number of Topliss-reactive ketones (excluding diaryl/α,β-unsaturated/α-hetero) is 1. The molecule has 1 rings (SSSR count). The van der Waals surface area contributed by atoms with E-state index < -0.39 is 0 Å². The van der Waals surface area contributed by atoms with Crippen LogP contribution < -0.4 is 33.1 Å². The molecule has 6 heteroatoms. The molecule has 106 valence electrons. The van der Waals surface area contributed by atoms with Crippen molar-refractivity contribution in [2.75, 3.05) is 27.5 Å². The molecular formula is C14H20LiO4P. The number of carbonyl (C=O) groups excluding carboxylic acids is 1. The van der Waals surface area contributed by atoms with Crippen molar-refractivity contribution in [2.24, 2.45) is 0 Å². The smallest absolute Gasteiger partial charge is 0.558 e. The average molecular weight is 290 g/mol. The number of hydrogen-bond donors (Lipinski definition) is 0. The van der Waals surface area contributed by atoms with E-state index in [4.69, 9.17) is 14.2 Å². The summed E-state index contributed by atoms with van der Waals surface area (Å²) in [6.45, 7) is 0. The average Bonchev–Trinajstić information content (AvgIpc) is 2.45. The van der Waals surface area contributed by atoms with Crippen LogP contribution in [0.3, 0.4) is 0 Å². The second-order valence-corrected chi connectivity index (χ2v) is 4.54. The molecule has 0 aliphatic carbocycles. The van der Waals surface area contributed by atoms with E-state index >= 15 is 0 Å². The number of methoxy groups -OCH3 is 3. The van der Waals surface area contributed by atoms with Gasteiger partial charge in [0.1, 0.15) is 22.8 Å². The standard InChI is InChI=1S/C14H20O4P.Li/c1-16-10-8-12(17-2)14(13(9-10)18-3)11(15)6-4-5-7-19;/h8-9,19H,4-7H2,1-3H3;/q-1;+1. The summed E-state index contributed by atoms with van der Waals surface area (Å²) in [6, 6.07) is 3.39. The van der Waals surface area contributed by atoms with E-state index in [1.807, 2.05) is 0 Å². The van der Waals surface area contributed by atoms with Crippen molar-refractivity contribution < 1.29 is 37.9 Å². The van der Waals surface area contributed by atoms with Gasteiger partial charge in [0.05, 0.1) is 21.3 Å². The number of unbranched alkanes of at least 4 members (excludes halogenated alkanes) is 1. The Balaban J connectivity index is 0.00000361. The van der Waals surface area contributed by atoms with Gasteiger partial charge in [0.15, 0.2) is 5.78 Å². The molecule has 0 amide bonds. The van der Waals surface area contributed by atoms with Crippen LogP contribution in [0.15, 0.2) is 12.1 Å². The first-order valence-corrected chi connectivity index (χ1v) is 6.86. The summed E-state index contributed by atoms with van der Waals surface area (Å²) in [5.41, 5.74) is 0.486. The molecule has 0 aromatic heterocycles. The quantitative estimate of drug-likeness (QED) is 0.297. The van der Waals surface area contributed by atoms with Crippen LogP contribution in [-0.4, -0.2) is 33.3 Å². The van der Waals surface area contributed by atoms with Gasteiger partial charge in [-0.15, -0.1) is 0 Å². The van der Waals surface area contributed by atoms with Crippen LogP contribution >= 0.6 is 9.24 Å². The Morgan fingerprint density at radius 3 is 2.00 bits per heavy atom. The maximum atomic E-state index is 12.3. The SMILES string of the molecule is COc1cc(OC)c(C(=O)CCCC[PH-])c(OC)c1.[Li+]. The molecule has 0 radical (unpaired) electrons. The van der Waals surface area contributed by atoms with Crippen molar-refractivity contribution in [3.05, 3.63) is 17.7 Å². The van der Waals surface area contributed by atoms with Gasteiger partial charge in [-0.05, 0) is 6.42 Å². The molecule has 0 aliphatic rings. The summed E-state index contributed by atoms with van der Waals surface area (Å²) >= 11 is 0. The molecule has 0 saturated heterocycles. The molecule has 0 N–H and O–H groups in total. The van der Waals surface area contributed by atoms with E-state index in [9.17, 15) is 4.79 Å². The van der Waals surface area contributed by atoms with Crippen molar-refractivity contribution >= 4 is 15.0 Å². The molecule has 0 unspecified atom stereocenters. The predicted octanol–water partition coefficient (Wildman–Crippen LogP) is 0.212. The number of ketones is 1. The second kappa shape index (κ2) is 10.1. The topological polar surface area (TPSA) is 44.8 Å². The molecule has 0 saturated carbocycles. The van der Waals surface area contributed by atoms with E-state index in [0.29, 0.717) is 29.2 Å². The first-order chi connectivity index (χ1) is 9.17. The van der Waals surface area contributed by atoms with E-state index in [1.165, 1.54) is 14.2 Å². The Kier molecular flexibility index (Phi) is 9.76. The van der Waals surface area contributed by atoms with Gasteiger partial charge < -0.3 is 23.5 Å². The summed E-state index contributed by atoms with van der Waals surface area (Å²) < 4.78 is 15.7. The van der Waals surface area contributed by atoms with E-state index in [-0.39, 0.29) is 24.6 Å². The van der Waals surface area contributed by atoms with Gasteiger partial charge >= 0.3 is 18.9 Å². The minimum atomic E-state index is 0. The van der Waals surface area contributed by atoms with Crippen LogP contribution in [0.4, 0.5) is 0 Å². The largest absolute Gasteiger partial charge is 1.00 e. The third-order valence-corrected chi connectivity index (χ3v) is 3.18. The van der Waals surface area contributed by atoms with Gasteiger partial charge in [0.2, 0.25) is 0 Å². The zero-order valence-electron chi connectivity index (χ0n) is 12.6. The van der Waals surface area contributed by atoms with Crippen LogP contribution in [0, 0.1) is 0 Å². The minimum absolute atomic E-state index is 0. The maximum Gasteiger partial charge on any atom is 1.00 e. The molecule has 0 atom stereocenters. The first kappa shape index (κ1) is 19.3. The Morgan fingerprint density at radius 2 is 1.60 bits per heavy atom. The number of hydrogen-bond acceptors (Lipinski definition) is 4. The normalized spacial score (nSPS) is 9.60. The second-order valence-electron chi connectivity index (χ2n) is 4.04. The van der Waals surface area contributed by atoms with Gasteiger partial charge in [-0.2, -0.15) is 6.16 Å². The van der Waals surface area contributed by atoms with Crippen molar-refractivity contribution in [2.45, 2.75) is 19.3 Å². The third-order valence-electron chi connectivity index (χ3n) is 2.82. The van der Waals surface area contributed by atoms with Crippen LogP contribution in [0.2, 0.25) is 0 Å². The van der Waals surface area contributed by atoms with E-state index in [0.717, 1.165) is 19.0 Å². The van der Waals surface area contributed by atoms with Crippen molar-refractivity contribution in [3.63, 3.8) is 0 Å². The number of ether oxygens (including phenoxy) is 3. The van der Waals surface area contributed by atoms with Crippen molar-refractivity contribution in [3.8, 4) is 17.2 Å². The Bertz CT molecular complexity index is 412. The molecular weight excluding hydrogens is 270 g/mol. The molecule has 4 nitrogen and oxygen atoms in total.